The quantitative estimate of drug-likeness (QED) is 0.669. The van der Waals surface area contributed by atoms with E-state index in [9.17, 15) is 0 Å². The van der Waals surface area contributed by atoms with E-state index in [2.05, 4.69) is 25.7 Å². The molecule has 0 amide bonds. The Balaban J connectivity index is 2.46. The van der Waals surface area contributed by atoms with Gasteiger partial charge < -0.3 is 5.73 Å². The van der Waals surface area contributed by atoms with Crippen molar-refractivity contribution in [3.05, 3.63) is 0 Å². The van der Waals surface area contributed by atoms with Crippen LogP contribution in [0.1, 0.15) is 78.6 Å². The Hall–Kier alpha value is -0.0800. The molecule has 0 radical (unpaired) electrons. The predicted octanol–water partition coefficient (Wildman–Crippen LogP) is 4.19. The molecular formula is C17H36N2. The van der Waals surface area contributed by atoms with Crippen molar-refractivity contribution in [2.45, 2.75) is 84.1 Å². The Morgan fingerprint density at radius 3 is 2.53 bits per heavy atom. The van der Waals surface area contributed by atoms with Crippen LogP contribution in [0.4, 0.5) is 0 Å². The Morgan fingerprint density at radius 2 is 1.89 bits per heavy atom. The zero-order valence-electron chi connectivity index (χ0n) is 13.6. The van der Waals surface area contributed by atoms with E-state index in [1.54, 1.807) is 0 Å². The fraction of sp³-hybridized carbons (Fsp3) is 1.00. The van der Waals surface area contributed by atoms with Crippen LogP contribution in [0.2, 0.25) is 0 Å². The highest BCUT2D eigenvalue weighted by molar-refractivity contribution is 4.89. The number of nitrogens with two attached hydrogens (primary N) is 1. The van der Waals surface area contributed by atoms with Gasteiger partial charge in [-0.25, -0.2) is 0 Å². The summed E-state index contributed by atoms with van der Waals surface area (Å²) >= 11 is 0. The fourth-order valence-corrected chi connectivity index (χ4v) is 3.44. The Kier molecular flexibility index (Phi) is 8.01. The Bertz CT molecular complexity index is 229. The molecule has 2 N–H and O–H groups in total. The number of nitrogens with zero attached hydrogens (tertiary/aromatic N) is 1. The molecule has 0 aromatic heterocycles. The summed E-state index contributed by atoms with van der Waals surface area (Å²) in [6.07, 6.45) is 12.2. The molecule has 19 heavy (non-hydrogen) atoms. The molecule has 1 aliphatic rings. The third-order valence-corrected chi connectivity index (χ3v) is 5.20. The van der Waals surface area contributed by atoms with Gasteiger partial charge in [-0.2, -0.15) is 0 Å². The van der Waals surface area contributed by atoms with Crippen molar-refractivity contribution in [1.82, 2.24) is 4.90 Å². The number of rotatable bonds is 8. The van der Waals surface area contributed by atoms with E-state index in [0.29, 0.717) is 0 Å². The van der Waals surface area contributed by atoms with Crippen molar-refractivity contribution < 1.29 is 0 Å². The first-order valence-electron chi connectivity index (χ1n) is 8.61. The van der Waals surface area contributed by atoms with Crippen LogP contribution in [0, 0.1) is 5.92 Å². The first-order chi connectivity index (χ1) is 9.16. The number of hydrogen-bond acceptors (Lipinski definition) is 2. The summed E-state index contributed by atoms with van der Waals surface area (Å²) in [5, 5.41) is 0. The average Bonchev–Trinajstić information content (AvgIpc) is 2.69. The van der Waals surface area contributed by atoms with Gasteiger partial charge in [0.2, 0.25) is 0 Å². The van der Waals surface area contributed by atoms with E-state index in [0.717, 1.165) is 12.5 Å². The molecule has 0 bridgehead atoms. The van der Waals surface area contributed by atoms with Crippen LogP contribution in [-0.4, -0.2) is 30.1 Å². The van der Waals surface area contributed by atoms with Gasteiger partial charge in [-0.1, -0.05) is 46.0 Å². The first kappa shape index (κ1) is 17.0. The van der Waals surface area contributed by atoms with Crippen molar-refractivity contribution in [2.75, 3.05) is 19.6 Å². The van der Waals surface area contributed by atoms with Gasteiger partial charge in [-0.15, -0.1) is 0 Å². The lowest BCUT2D eigenvalue weighted by molar-refractivity contribution is 0.101. The zero-order valence-corrected chi connectivity index (χ0v) is 13.6. The van der Waals surface area contributed by atoms with Gasteiger partial charge in [0.15, 0.2) is 0 Å². The van der Waals surface area contributed by atoms with Gasteiger partial charge in [0, 0.05) is 12.1 Å². The molecule has 0 saturated carbocycles. The van der Waals surface area contributed by atoms with Crippen molar-refractivity contribution in [2.24, 2.45) is 11.7 Å². The van der Waals surface area contributed by atoms with Crippen LogP contribution in [0.15, 0.2) is 0 Å². The van der Waals surface area contributed by atoms with Gasteiger partial charge in [-0.05, 0) is 51.6 Å². The maximum absolute atomic E-state index is 6.13. The summed E-state index contributed by atoms with van der Waals surface area (Å²) in [5.41, 5.74) is 6.38. The maximum Gasteiger partial charge on any atom is 0.0303 e. The summed E-state index contributed by atoms with van der Waals surface area (Å²) in [7, 11) is 0. The predicted molar refractivity (Wildman–Crippen MR) is 85.4 cm³/mol. The van der Waals surface area contributed by atoms with Crippen molar-refractivity contribution >= 4 is 0 Å². The van der Waals surface area contributed by atoms with Crippen LogP contribution in [0.5, 0.6) is 0 Å². The summed E-state index contributed by atoms with van der Waals surface area (Å²) in [6.45, 7) is 10.4. The molecule has 0 spiro atoms. The monoisotopic (exact) mass is 268 g/mol. The Labute approximate surface area is 121 Å². The van der Waals surface area contributed by atoms with Crippen LogP contribution < -0.4 is 5.73 Å². The van der Waals surface area contributed by atoms with E-state index in [1.807, 2.05) is 0 Å². The zero-order chi connectivity index (χ0) is 14.1. The lowest BCUT2D eigenvalue weighted by atomic mass is 9.91. The second-order valence-corrected chi connectivity index (χ2v) is 6.70. The Morgan fingerprint density at radius 1 is 1.11 bits per heavy atom. The number of likely N-dealkylation sites (tertiary alicyclic amines) is 1. The smallest absolute Gasteiger partial charge is 0.0303 e. The van der Waals surface area contributed by atoms with E-state index < -0.39 is 0 Å². The molecule has 0 aromatic rings. The third kappa shape index (κ3) is 5.43. The van der Waals surface area contributed by atoms with Crippen LogP contribution >= 0.6 is 0 Å². The second-order valence-electron chi connectivity index (χ2n) is 6.70. The normalized spacial score (nSPS) is 24.9. The van der Waals surface area contributed by atoms with E-state index >= 15 is 0 Å². The highest BCUT2D eigenvalue weighted by atomic mass is 15.2. The minimum Gasteiger partial charge on any atom is -0.329 e. The molecule has 0 aliphatic carbocycles. The lowest BCUT2D eigenvalue weighted by Crippen LogP contribution is -2.52. The van der Waals surface area contributed by atoms with Crippen molar-refractivity contribution in [3.63, 3.8) is 0 Å². The van der Waals surface area contributed by atoms with E-state index in [1.165, 1.54) is 70.9 Å². The molecule has 114 valence electrons. The summed E-state index contributed by atoms with van der Waals surface area (Å²) in [6, 6.07) is 0. The number of hydrogen-bond donors (Lipinski definition) is 1. The molecule has 1 fully saturated rings. The van der Waals surface area contributed by atoms with Gasteiger partial charge in [-0.3, -0.25) is 4.90 Å². The summed E-state index contributed by atoms with van der Waals surface area (Å²) in [5.74, 6) is 0.951. The van der Waals surface area contributed by atoms with Crippen molar-refractivity contribution in [3.8, 4) is 0 Å². The molecule has 2 atom stereocenters. The van der Waals surface area contributed by atoms with Gasteiger partial charge >= 0.3 is 0 Å². The van der Waals surface area contributed by atoms with E-state index in [4.69, 9.17) is 5.73 Å². The van der Waals surface area contributed by atoms with Crippen LogP contribution in [0.3, 0.4) is 0 Å². The molecule has 2 heteroatoms. The molecule has 1 rings (SSSR count). The van der Waals surface area contributed by atoms with E-state index in [-0.39, 0.29) is 5.54 Å². The van der Waals surface area contributed by atoms with Gasteiger partial charge in [0.05, 0.1) is 0 Å². The SMILES string of the molecule is CCCCCCC(C)(CN)N1CCCC(CC)CC1. The number of unbranched alkanes of at least 4 members (excludes halogenated alkanes) is 3. The highest BCUT2D eigenvalue weighted by Gasteiger charge is 2.31. The standard InChI is InChI=1S/C17H36N2/c1-4-6-7-8-12-17(3,15-18)19-13-9-10-16(5-2)11-14-19/h16H,4-15,18H2,1-3H3. The lowest BCUT2D eigenvalue weighted by Gasteiger charge is -2.40. The molecule has 2 unspecified atom stereocenters. The molecule has 1 saturated heterocycles. The molecule has 1 heterocycles. The topological polar surface area (TPSA) is 29.3 Å². The fourth-order valence-electron chi connectivity index (χ4n) is 3.44. The molecule has 0 aromatic carbocycles. The van der Waals surface area contributed by atoms with Crippen LogP contribution in [-0.2, 0) is 0 Å². The van der Waals surface area contributed by atoms with Crippen LogP contribution in [0.25, 0.3) is 0 Å². The van der Waals surface area contributed by atoms with Gasteiger partial charge in [0.1, 0.15) is 0 Å². The first-order valence-corrected chi connectivity index (χ1v) is 8.61. The van der Waals surface area contributed by atoms with Gasteiger partial charge in [0.25, 0.3) is 0 Å². The summed E-state index contributed by atoms with van der Waals surface area (Å²) < 4.78 is 0. The molecular weight excluding hydrogens is 232 g/mol. The minimum absolute atomic E-state index is 0.246. The van der Waals surface area contributed by atoms with Crippen molar-refractivity contribution in [1.29, 1.82) is 0 Å². The largest absolute Gasteiger partial charge is 0.329 e. The average molecular weight is 268 g/mol. The molecule has 1 aliphatic heterocycles. The second kappa shape index (κ2) is 8.97. The molecule has 2 nitrogen and oxygen atoms in total. The summed E-state index contributed by atoms with van der Waals surface area (Å²) in [4.78, 5) is 2.70. The minimum atomic E-state index is 0.246. The maximum atomic E-state index is 6.13. The third-order valence-electron chi connectivity index (χ3n) is 5.20. The highest BCUT2D eigenvalue weighted by Crippen LogP contribution is 2.28.